The molecule has 10 aromatic heterocycles. The molecule has 608 valence electrons. The van der Waals surface area contributed by atoms with Crippen LogP contribution in [-0.2, 0) is 35.8 Å². The highest BCUT2D eigenvalue weighted by molar-refractivity contribution is 9.11. The number of halogens is 6. The summed E-state index contributed by atoms with van der Waals surface area (Å²) in [7, 11) is 7.45. The van der Waals surface area contributed by atoms with Crippen molar-refractivity contribution in [1.29, 1.82) is 0 Å². The fraction of sp³-hybridized carbons (Fsp3) is 0.268. The first-order valence-electron chi connectivity index (χ1n) is 37.6. The number of amides is 2. The summed E-state index contributed by atoms with van der Waals surface area (Å²) in [6.45, 7) is 8.10. The normalized spacial score (nSPS) is 12.9. The number of likely N-dealkylation sites (N-methyl/N-ethyl adjacent to an activating group) is 2. The Hall–Kier alpha value is -11.2. The van der Waals surface area contributed by atoms with Gasteiger partial charge in [-0.2, -0.15) is 38.5 Å². The average molecular weight is 1850 g/mol. The molecule has 35 heteroatoms. The van der Waals surface area contributed by atoms with Crippen LogP contribution < -0.4 is 46.8 Å². The van der Waals surface area contributed by atoms with E-state index in [-0.39, 0.29) is 48.6 Å². The van der Waals surface area contributed by atoms with Crippen molar-refractivity contribution in [3.05, 3.63) is 247 Å². The van der Waals surface area contributed by atoms with Gasteiger partial charge in [0.1, 0.15) is 46.5 Å². The van der Waals surface area contributed by atoms with E-state index >= 15 is 0 Å². The van der Waals surface area contributed by atoms with Crippen molar-refractivity contribution in [1.82, 2.24) is 73.2 Å². The van der Waals surface area contributed by atoms with E-state index in [1.807, 2.05) is 131 Å². The molecule has 0 spiro atoms. The molecule has 0 aliphatic carbocycles. The molecule has 15 rings (SSSR count). The van der Waals surface area contributed by atoms with Gasteiger partial charge in [0.2, 0.25) is 24.2 Å². The highest BCUT2D eigenvalue weighted by Crippen LogP contribution is 2.34. The number of aromatic nitrogens is 14. The molecule has 1 aliphatic heterocycles. The number of hydrogen-bond acceptors (Lipinski definition) is 22. The molecule has 4 aromatic carbocycles. The SMILES string of the molecule is CC(C)[C@H](CO)Nc1cc(NCc2ccc(NC(=O)CN(C)C)cc2)n2ncc(Br)c2n1.CN(C)CC(=O)Nc1ccc(CNc2cc(N3CCCC[C@H]3CCO)nc3c(Br)cnn23)cc1.Fc1ccccc1-c1cc(NCc2cccnc2)n2ncc(Br)c2n1.O[n+]1cccc(CNc2cc(-c3ccccc3F)nc3c(Br)cnn23)c1. The van der Waals surface area contributed by atoms with Crippen LogP contribution in [0.15, 0.2) is 213 Å². The predicted molar refractivity (Wildman–Crippen MR) is 464 cm³/mol. The number of aliphatic hydroxyl groups excluding tert-OH is 2. The number of fused-ring (bicyclic) bond motifs is 4. The molecule has 2 amide bonds. The Morgan fingerprint density at radius 3 is 1.44 bits per heavy atom. The molecule has 14 aromatic rings. The Kier molecular flexibility index (Phi) is 29.6. The third-order valence-electron chi connectivity index (χ3n) is 18.6. The number of anilines is 8. The third kappa shape index (κ3) is 22.7. The van der Waals surface area contributed by atoms with Crippen LogP contribution in [0, 0.1) is 17.6 Å². The summed E-state index contributed by atoms with van der Waals surface area (Å²) < 4.78 is 39.3. The van der Waals surface area contributed by atoms with Gasteiger partial charge in [-0.3, -0.25) is 19.8 Å². The molecular weight excluding hydrogens is 1760 g/mol. The van der Waals surface area contributed by atoms with Crippen LogP contribution in [0.2, 0.25) is 0 Å². The Balaban J connectivity index is 0.000000145. The van der Waals surface area contributed by atoms with Crippen LogP contribution >= 0.6 is 63.7 Å². The first kappa shape index (κ1) is 85.2. The molecular formula is C82H89Br4F2N24O5+. The van der Waals surface area contributed by atoms with Crippen molar-refractivity contribution in [2.75, 3.05) is 103 Å². The number of nitrogens with one attached hydrogen (secondary N) is 7. The minimum absolute atomic E-state index is 0.0190. The second-order valence-electron chi connectivity index (χ2n) is 28.3. The smallest absolute Gasteiger partial charge is 0.238 e. The molecule has 117 heavy (non-hydrogen) atoms. The van der Waals surface area contributed by atoms with Gasteiger partial charge in [0.05, 0.1) is 79.8 Å². The molecule has 0 radical (unpaired) electrons. The lowest BCUT2D eigenvalue weighted by Crippen LogP contribution is -2.40. The zero-order chi connectivity index (χ0) is 82.7. The van der Waals surface area contributed by atoms with Crippen molar-refractivity contribution < 1.29 is 38.5 Å². The number of pyridine rings is 2. The summed E-state index contributed by atoms with van der Waals surface area (Å²) in [6.07, 6.45) is 17.5. The quantitative estimate of drug-likeness (QED) is 0.0169. The molecule has 0 saturated carbocycles. The van der Waals surface area contributed by atoms with Crippen molar-refractivity contribution >= 4 is 144 Å². The maximum Gasteiger partial charge on any atom is 0.238 e. The zero-order valence-corrected chi connectivity index (χ0v) is 71.3. The van der Waals surface area contributed by atoms with Crippen LogP contribution in [0.5, 0.6) is 0 Å². The third-order valence-corrected chi connectivity index (χ3v) is 20.8. The fourth-order valence-electron chi connectivity index (χ4n) is 12.7. The average Bonchev–Trinajstić information content (AvgIpc) is 1.71. The number of carbonyl (C=O) groups excluding carboxylic acids is 2. The van der Waals surface area contributed by atoms with E-state index in [2.05, 4.69) is 146 Å². The van der Waals surface area contributed by atoms with E-state index in [0.29, 0.717) is 101 Å². The van der Waals surface area contributed by atoms with Crippen LogP contribution in [-0.4, -0.2) is 174 Å². The maximum absolute atomic E-state index is 14.2. The van der Waals surface area contributed by atoms with Gasteiger partial charge in [0.15, 0.2) is 22.6 Å². The first-order chi connectivity index (χ1) is 56.5. The second kappa shape index (κ2) is 40.6. The number of rotatable bonds is 27. The maximum atomic E-state index is 14.2. The standard InChI is InChI=1S/C24H32BrN7O2.C22H30BrN7O2.C18H14BrFN5O.C18H13BrFN5/c1-30(2)16-23(34)28-18-8-6-17(7-9-18)14-26-21-13-22(29-24-20(25)15-27-32(21)24)31-11-4-3-5-19(31)10-12-33;1-14(2)18(13-31)27-19-9-20(30-22(28-19)17(23)11-25-30)24-10-15-5-7-16(8-6-15)26-21(32)12-29(3)4;19-14-10-22-25-17(21-9-12-4-3-7-24(26)11-12)8-16(23-18(14)25)13-5-1-2-6-15(13)20;19-14-11-23-25-17(22-10-12-4-3-7-21-9-12)8-16(24-18(14)25)13-5-1-2-6-15(13)20/h6-9,13,15,19,26,33H,3-5,10-12,14,16H2,1-2H3,(H,28,34);5-9,11,14,18,24,31H,10,12-13H2,1-4H3,(H,26,32)(H,27,28);1-8,10-11,21,26H,9H2;1-9,11,22H,10H2/q;;+1;/t19-;18-;;/m00../s1. The molecule has 29 nitrogen and oxygen atoms in total. The van der Waals surface area contributed by atoms with Crippen LogP contribution in [0.1, 0.15) is 61.8 Å². The lowest BCUT2D eigenvalue weighted by atomic mass is 9.99. The van der Waals surface area contributed by atoms with E-state index in [0.717, 1.165) is 107 Å². The summed E-state index contributed by atoms with van der Waals surface area (Å²) in [5, 5.41) is 68.8. The van der Waals surface area contributed by atoms with E-state index in [9.17, 15) is 33.8 Å². The molecule has 11 heterocycles. The number of nitrogens with zero attached hydrogens (tertiary/aromatic N) is 17. The second-order valence-corrected chi connectivity index (χ2v) is 31.7. The Bertz CT molecular complexity index is 5680. The minimum atomic E-state index is -0.338. The predicted octanol–water partition coefficient (Wildman–Crippen LogP) is 14.1. The van der Waals surface area contributed by atoms with Gasteiger partial charge in [-0.05, 0) is 201 Å². The Morgan fingerprint density at radius 2 is 0.991 bits per heavy atom. The summed E-state index contributed by atoms with van der Waals surface area (Å²) in [4.78, 5) is 52.5. The van der Waals surface area contributed by atoms with E-state index in [1.165, 1.54) is 24.8 Å². The lowest BCUT2D eigenvalue weighted by molar-refractivity contribution is -0.905. The number of aliphatic hydroxyl groups is 2. The highest BCUT2D eigenvalue weighted by Gasteiger charge is 2.26. The fourth-order valence-corrected chi connectivity index (χ4v) is 14.1. The van der Waals surface area contributed by atoms with Crippen molar-refractivity contribution in [3.63, 3.8) is 0 Å². The summed E-state index contributed by atoms with van der Waals surface area (Å²) >= 11 is 13.9. The topological polar surface area (TPSA) is 326 Å². The van der Waals surface area contributed by atoms with Gasteiger partial charge < -0.3 is 62.1 Å². The zero-order valence-electron chi connectivity index (χ0n) is 64.9. The van der Waals surface area contributed by atoms with Gasteiger partial charge >= 0.3 is 0 Å². The van der Waals surface area contributed by atoms with Crippen LogP contribution in [0.25, 0.3) is 45.1 Å². The molecule has 2 atom stereocenters. The van der Waals surface area contributed by atoms with Gasteiger partial charge in [0.25, 0.3) is 0 Å². The number of carbonyl (C=O) groups is 2. The van der Waals surface area contributed by atoms with E-state index in [4.69, 9.17) is 4.98 Å². The van der Waals surface area contributed by atoms with Crippen LogP contribution in [0.4, 0.5) is 55.1 Å². The van der Waals surface area contributed by atoms with Crippen molar-refractivity contribution in [2.24, 2.45) is 5.92 Å². The van der Waals surface area contributed by atoms with Crippen LogP contribution in [0.3, 0.4) is 0 Å². The molecule has 1 fully saturated rings. The number of piperidine rings is 1. The lowest BCUT2D eigenvalue weighted by Gasteiger charge is -2.36. The number of benzene rings is 4. The summed E-state index contributed by atoms with van der Waals surface area (Å²) in [6, 6.07) is 43.8. The summed E-state index contributed by atoms with van der Waals surface area (Å²) in [5.74, 6) is 4.07. The largest absolute Gasteiger partial charge is 0.396 e. The van der Waals surface area contributed by atoms with E-state index < -0.39 is 0 Å². The molecule has 1 aliphatic rings. The minimum Gasteiger partial charge on any atom is -0.396 e. The summed E-state index contributed by atoms with van der Waals surface area (Å²) in [5.41, 5.74) is 10.1. The highest BCUT2D eigenvalue weighted by atomic mass is 79.9. The molecule has 0 bridgehead atoms. The van der Waals surface area contributed by atoms with Gasteiger partial charge in [-0.1, -0.05) is 68.4 Å². The molecule has 10 N–H and O–H groups in total. The van der Waals surface area contributed by atoms with E-state index in [1.54, 1.807) is 116 Å². The van der Waals surface area contributed by atoms with Crippen molar-refractivity contribution in [2.45, 2.75) is 77.8 Å². The first-order valence-corrected chi connectivity index (χ1v) is 40.7. The van der Waals surface area contributed by atoms with Gasteiger partial charge in [0, 0.05) is 121 Å². The monoisotopic (exact) mass is 1840 g/mol. The molecule has 0 unspecified atom stereocenters. The Labute approximate surface area is 707 Å². The van der Waals surface area contributed by atoms with Crippen molar-refractivity contribution in [3.8, 4) is 22.5 Å². The van der Waals surface area contributed by atoms with Gasteiger partial charge in [-0.25, -0.2) is 28.7 Å². The van der Waals surface area contributed by atoms with Gasteiger partial charge in [-0.15, -0.1) is 0 Å². The number of hydrogen-bond donors (Lipinski definition) is 10. The molecule has 1 saturated heterocycles. The Morgan fingerprint density at radius 1 is 0.538 bits per heavy atom.